The number of aryl methyl sites for hydroxylation is 2. The van der Waals surface area contributed by atoms with Crippen molar-refractivity contribution in [3.8, 4) is 5.75 Å². The molecule has 1 aromatic heterocycles. The number of aromatic nitrogens is 2. The summed E-state index contributed by atoms with van der Waals surface area (Å²) in [6.45, 7) is 0.265. The number of hydrogen-bond donors (Lipinski definition) is 1. The van der Waals surface area contributed by atoms with Crippen molar-refractivity contribution in [3.63, 3.8) is 0 Å². The molecule has 0 radical (unpaired) electrons. The maximum Gasteiger partial charge on any atom is 0.197 e. The summed E-state index contributed by atoms with van der Waals surface area (Å²) < 4.78 is 46.0. The van der Waals surface area contributed by atoms with Gasteiger partial charge in [0.15, 0.2) is 14.9 Å². The first-order valence-corrected chi connectivity index (χ1v) is 12.9. The van der Waals surface area contributed by atoms with E-state index in [-0.39, 0.29) is 35.2 Å². The molecule has 0 amide bonds. The fraction of sp³-hybridized carbons (Fsp3) is 0.375. The summed E-state index contributed by atoms with van der Waals surface area (Å²) in [6.07, 6.45) is 5.62. The van der Waals surface area contributed by atoms with Crippen LogP contribution in [-0.2, 0) is 29.7 Å². The monoisotopic (exact) mass is 491 g/mol. The van der Waals surface area contributed by atoms with Gasteiger partial charge in [-0.1, -0.05) is 17.7 Å². The zero-order valence-corrected chi connectivity index (χ0v) is 19.9. The Morgan fingerprint density at radius 3 is 2.82 bits per heavy atom. The van der Waals surface area contributed by atoms with Crippen LogP contribution in [0.2, 0.25) is 5.02 Å². The highest BCUT2D eigenvalue weighted by molar-refractivity contribution is 7.91. The molecule has 1 heterocycles. The standard InChI is InChI=1S/C24H27ClFN3O3S/c1-29-14-24(28-15-29)33(30,31)8-2-7-32-20-5-3-17-4-6-23(27)22(21(17)13-20)11-16-9-18(25)12-19(26)10-16/h3,5,9-10,12-15,22-23H,2,4,6-8,11,27H2,1H3. The topological polar surface area (TPSA) is 87.2 Å². The lowest BCUT2D eigenvalue weighted by Crippen LogP contribution is -2.34. The van der Waals surface area contributed by atoms with E-state index in [1.807, 2.05) is 18.2 Å². The van der Waals surface area contributed by atoms with Gasteiger partial charge in [0.1, 0.15) is 11.6 Å². The molecule has 2 N–H and O–H groups in total. The van der Waals surface area contributed by atoms with E-state index in [1.165, 1.54) is 30.2 Å². The Kier molecular flexibility index (Phi) is 7.07. The maximum absolute atomic E-state index is 13.8. The van der Waals surface area contributed by atoms with E-state index in [9.17, 15) is 12.8 Å². The number of halogens is 2. The summed E-state index contributed by atoms with van der Waals surface area (Å²) in [5.74, 6) is 0.280. The molecule has 4 rings (SSSR count). The molecule has 2 unspecified atom stereocenters. The summed E-state index contributed by atoms with van der Waals surface area (Å²) in [5.41, 5.74) is 9.55. The van der Waals surface area contributed by atoms with E-state index in [4.69, 9.17) is 22.1 Å². The number of ether oxygens (including phenoxy) is 1. The van der Waals surface area contributed by atoms with Gasteiger partial charge in [-0.05, 0) is 72.7 Å². The molecule has 6 nitrogen and oxygen atoms in total. The van der Waals surface area contributed by atoms with Crippen LogP contribution in [0.25, 0.3) is 0 Å². The van der Waals surface area contributed by atoms with Crippen LogP contribution in [0, 0.1) is 5.82 Å². The van der Waals surface area contributed by atoms with Gasteiger partial charge in [-0.2, -0.15) is 0 Å². The molecule has 9 heteroatoms. The molecule has 0 saturated heterocycles. The third-order valence-corrected chi connectivity index (χ3v) is 7.88. The quantitative estimate of drug-likeness (QED) is 0.480. The molecule has 0 aliphatic heterocycles. The van der Waals surface area contributed by atoms with Crippen molar-refractivity contribution >= 4 is 21.4 Å². The van der Waals surface area contributed by atoms with E-state index in [2.05, 4.69) is 4.98 Å². The maximum atomic E-state index is 13.8. The summed E-state index contributed by atoms with van der Waals surface area (Å²) in [4.78, 5) is 3.92. The lowest BCUT2D eigenvalue weighted by Gasteiger charge is -2.32. The Morgan fingerprint density at radius 1 is 1.27 bits per heavy atom. The van der Waals surface area contributed by atoms with Crippen LogP contribution in [-0.4, -0.2) is 36.4 Å². The minimum atomic E-state index is -3.44. The largest absolute Gasteiger partial charge is 0.494 e. The van der Waals surface area contributed by atoms with Crippen LogP contribution in [0.3, 0.4) is 0 Å². The molecule has 0 spiro atoms. The molecule has 2 aromatic carbocycles. The Hall–Kier alpha value is -2.42. The number of nitrogens with zero attached hydrogens (tertiary/aromatic N) is 2. The van der Waals surface area contributed by atoms with Gasteiger partial charge in [0, 0.05) is 30.2 Å². The van der Waals surface area contributed by atoms with Gasteiger partial charge in [-0.25, -0.2) is 17.8 Å². The lowest BCUT2D eigenvalue weighted by atomic mass is 9.76. The highest BCUT2D eigenvalue weighted by atomic mass is 35.5. The van der Waals surface area contributed by atoms with Crippen molar-refractivity contribution in [2.75, 3.05) is 12.4 Å². The zero-order valence-electron chi connectivity index (χ0n) is 18.4. The van der Waals surface area contributed by atoms with Gasteiger partial charge in [-0.3, -0.25) is 0 Å². The second-order valence-corrected chi connectivity index (χ2v) is 11.0. The van der Waals surface area contributed by atoms with Crippen LogP contribution in [0.1, 0.15) is 35.4 Å². The third-order valence-electron chi connectivity index (χ3n) is 5.98. The van der Waals surface area contributed by atoms with Gasteiger partial charge in [0.2, 0.25) is 0 Å². The molecular weight excluding hydrogens is 465 g/mol. The second-order valence-electron chi connectivity index (χ2n) is 8.55. The smallest absolute Gasteiger partial charge is 0.197 e. The second kappa shape index (κ2) is 9.83. The van der Waals surface area contributed by atoms with Gasteiger partial charge in [0.05, 0.1) is 18.7 Å². The molecule has 0 bridgehead atoms. The predicted octanol–water partition coefficient (Wildman–Crippen LogP) is 4.06. The molecule has 3 aromatic rings. The zero-order chi connectivity index (χ0) is 23.6. The van der Waals surface area contributed by atoms with Crippen LogP contribution < -0.4 is 10.5 Å². The minimum Gasteiger partial charge on any atom is -0.494 e. The summed E-state index contributed by atoms with van der Waals surface area (Å²) in [6, 6.07) is 10.4. The first kappa shape index (κ1) is 23.7. The number of fused-ring (bicyclic) bond motifs is 1. The highest BCUT2D eigenvalue weighted by Gasteiger charge is 2.28. The van der Waals surface area contributed by atoms with Crippen molar-refractivity contribution in [1.82, 2.24) is 9.55 Å². The number of sulfone groups is 1. The van der Waals surface area contributed by atoms with E-state index >= 15 is 0 Å². The Labute approximate surface area is 198 Å². The van der Waals surface area contributed by atoms with Crippen molar-refractivity contribution in [1.29, 1.82) is 0 Å². The lowest BCUT2D eigenvalue weighted by molar-refractivity contribution is 0.316. The first-order chi connectivity index (χ1) is 15.7. The SMILES string of the molecule is Cn1cnc(S(=O)(=O)CCCOc2ccc3c(c2)C(Cc2cc(F)cc(Cl)c2)C(N)CC3)c1. The fourth-order valence-electron chi connectivity index (χ4n) is 4.33. The average Bonchev–Trinajstić information content (AvgIpc) is 3.20. The van der Waals surface area contributed by atoms with Gasteiger partial charge in [0.25, 0.3) is 0 Å². The van der Waals surface area contributed by atoms with Crippen molar-refractivity contribution in [2.45, 2.75) is 42.7 Å². The molecule has 1 aliphatic rings. The summed E-state index contributed by atoms with van der Waals surface area (Å²) >= 11 is 6.03. The number of benzene rings is 2. The van der Waals surface area contributed by atoms with E-state index in [1.54, 1.807) is 17.7 Å². The Balaban J connectivity index is 1.43. The molecule has 1 aliphatic carbocycles. The molecule has 2 atom stereocenters. The highest BCUT2D eigenvalue weighted by Crippen LogP contribution is 2.36. The molecule has 0 saturated carbocycles. The Morgan fingerprint density at radius 2 is 2.09 bits per heavy atom. The Bertz CT molecular complexity index is 1230. The first-order valence-electron chi connectivity index (χ1n) is 10.9. The third kappa shape index (κ3) is 5.75. The van der Waals surface area contributed by atoms with Crippen molar-refractivity contribution in [2.24, 2.45) is 12.8 Å². The summed E-state index contributed by atoms with van der Waals surface area (Å²) in [5, 5.41) is 0.445. The van der Waals surface area contributed by atoms with Crippen molar-refractivity contribution < 1.29 is 17.5 Å². The normalized spacial score (nSPS) is 18.2. The van der Waals surface area contributed by atoms with Gasteiger partial charge in [-0.15, -0.1) is 0 Å². The molecule has 176 valence electrons. The molecule has 33 heavy (non-hydrogen) atoms. The minimum absolute atomic E-state index is 0.0136. The van der Waals surface area contributed by atoms with Crippen molar-refractivity contribution in [3.05, 3.63) is 76.5 Å². The number of nitrogens with two attached hydrogens (primary N) is 1. The average molecular weight is 492 g/mol. The van der Waals surface area contributed by atoms with E-state index in [0.717, 1.165) is 24.0 Å². The van der Waals surface area contributed by atoms with Crippen LogP contribution >= 0.6 is 11.6 Å². The number of hydrogen-bond acceptors (Lipinski definition) is 5. The number of rotatable bonds is 8. The molecular formula is C24H27ClFN3O3S. The van der Waals surface area contributed by atoms with Gasteiger partial charge < -0.3 is 15.0 Å². The molecule has 0 fully saturated rings. The fourth-order valence-corrected chi connectivity index (χ4v) is 5.81. The van der Waals surface area contributed by atoms with Crippen LogP contribution in [0.5, 0.6) is 5.75 Å². The van der Waals surface area contributed by atoms with E-state index < -0.39 is 9.84 Å². The summed E-state index contributed by atoms with van der Waals surface area (Å²) in [7, 11) is -1.71. The van der Waals surface area contributed by atoms with Crippen LogP contribution in [0.4, 0.5) is 4.39 Å². The van der Waals surface area contributed by atoms with E-state index in [0.29, 0.717) is 23.6 Å². The van der Waals surface area contributed by atoms with Crippen LogP contribution in [0.15, 0.2) is 53.9 Å². The number of imidazole rings is 1. The predicted molar refractivity (Wildman–Crippen MR) is 126 cm³/mol. The van der Waals surface area contributed by atoms with Gasteiger partial charge >= 0.3 is 0 Å².